The van der Waals surface area contributed by atoms with Gasteiger partial charge >= 0.3 is 5.97 Å². The van der Waals surface area contributed by atoms with Crippen LogP contribution in [-0.2, 0) is 14.3 Å². The summed E-state index contributed by atoms with van der Waals surface area (Å²) in [6, 6.07) is 0. The first-order valence-corrected chi connectivity index (χ1v) is 6.72. The number of carbonyl (C=O) groups excluding carboxylic acids is 2. The van der Waals surface area contributed by atoms with Gasteiger partial charge in [0, 0.05) is 17.4 Å². The van der Waals surface area contributed by atoms with E-state index in [4.69, 9.17) is 4.74 Å². The predicted octanol–water partition coefficient (Wildman–Crippen LogP) is 1.39. The Hall–Kier alpha value is -1.42. The summed E-state index contributed by atoms with van der Waals surface area (Å²) >= 11 is 0. The average molecular weight is 262 g/mol. The van der Waals surface area contributed by atoms with Gasteiger partial charge in [0.1, 0.15) is 6.10 Å². The Bertz CT molecular complexity index is 528. The zero-order chi connectivity index (χ0) is 13.9. The Balaban J connectivity index is 2.11. The van der Waals surface area contributed by atoms with Gasteiger partial charge in [-0.3, -0.25) is 9.59 Å². The van der Waals surface area contributed by atoms with E-state index in [9.17, 15) is 14.7 Å². The lowest BCUT2D eigenvalue weighted by Gasteiger charge is -2.26. The van der Waals surface area contributed by atoms with Gasteiger partial charge in [0.2, 0.25) is 0 Å². The molecule has 3 aliphatic rings. The van der Waals surface area contributed by atoms with Crippen molar-refractivity contribution in [2.24, 2.45) is 17.8 Å². The summed E-state index contributed by atoms with van der Waals surface area (Å²) in [4.78, 5) is 23.9. The third-order valence-corrected chi connectivity index (χ3v) is 4.75. The van der Waals surface area contributed by atoms with Crippen LogP contribution in [0.5, 0.6) is 0 Å². The smallest absolute Gasteiger partial charge is 0.309 e. The average Bonchev–Trinajstić information content (AvgIpc) is 2.72. The molecule has 0 aromatic carbocycles. The lowest BCUT2D eigenvalue weighted by Crippen LogP contribution is -2.35. The minimum atomic E-state index is -0.620. The maximum Gasteiger partial charge on any atom is 0.309 e. The van der Waals surface area contributed by atoms with Crippen LogP contribution in [0.4, 0.5) is 0 Å². The molecule has 1 heterocycles. The summed E-state index contributed by atoms with van der Waals surface area (Å²) in [5.41, 5.74) is 2.59. The quantitative estimate of drug-likeness (QED) is 0.670. The number of aliphatic hydroxyl groups is 1. The molecule has 0 aromatic rings. The van der Waals surface area contributed by atoms with Crippen molar-refractivity contribution in [3.63, 3.8) is 0 Å². The van der Waals surface area contributed by atoms with Crippen LogP contribution in [-0.4, -0.2) is 29.1 Å². The molecule has 1 aliphatic heterocycles. The Morgan fingerprint density at radius 1 is 1.32 bits per heavy atom. The van der Waals surface area contributed by atoms with Crippen LogP contribution in [0.2, 0.25) is 0 Å². The first-order chi connectivity index (χ1) is 8.91. The van der Waals surface area contributed by atoms with Crippen molar-refractivity contribution in [1.29, 1.82) is 0 Å². The molecule has 1 fully saturated rings. The molecule has 3 rings (SSSR count). The van der Waals surface area contributed by atoms with Crippen molar-refractivity contribution in [2.75, 3.05) is 0 Å². The topological polar surface area (TPSA) is 63.6 Å². The fourth-order valence-corrected chi connectivity index (χ4v) is 3.82. The third kappa shape index (κ3) is 1.62. The Morgan fingerprint density at radius 2 is 2.00 bits per heavy atom. The van der Waals surface area contributed by atoms with E-state index in [1.807, 2.05) is 13.8 Å². The number of carbonyl (C=O) groups is 2. The van der Waals surface area contributed by atoms with Gasteiger partial charge < -0.3 is 9.84 Å². The Labute approximate surface area is 112 Å². The summed E-state index contributed by atoms with van der Waals surface area (Å²) in [5, 5.41) is 10.3. The summed E-state index contributed by atoms with van der Waals surface area (Å²) in [6.07, 6.45) is 1.06. The maximum absolute atomic E-state index is 12.1. The van der Waals surface area contributed by atoms with Crippen LogP contribution < -0.4 is 0 Å². The molecule has 0 radical (unpaired) electrons. The number of ketones is 1. The summed E-state index contributed by atoms with van der Waals surface area (Å²) in [7, 11) is 0. The SMILES string of the molecule is CC1=CC(=O)C2=C(C)C[C@@H](O)[C@H]3[C@@H](OC(=O)[C@H]3C)[C@H]12. The van der Waals surface area contributed by atoms with Crippen LogP contribution in [0.3, 0.4) is 0 Å². The second-order valence-electron chi connectivity index (χ2n) is 5.96. The number of fused-ring (bicyclic) bond motifs is 3. The lowest BCUT2D eigenvalue weighted by atomic mass is 9.80. The molecule has 0 bridgehead atoms. The first kappa shape index (κ1) is 12.6. The van der Waals surface area contributed by atoms with Gasteiger partial charge in [-0.15, -0.1) is 0 Å². The van der Waals surface area contributed by atoms with Crippen molar-refractivity contribution in [1.82, 2.24) is 0 Å². The number of esters is 1. The highest BCUT2D eigenvalue weighted by Crippen LogP contribution is 2.47. The molecule has 4 nitrogen and oxygen atoms in total. The minimum absolute atomic E-state index is 0.00320. The van der Waals surface area contributed by atoms with E-state index < -0.39 is 12.2 Å². The summed E-state index contributed by atoms with van der Waals surface area (Å²) in [5.74, 6) is -0.957. The van der Waals surface area contributed by atoms with Gasteiger partial charge in [-0.2, -0.15) is 0 Å². The van der Waals surface area contributed by atoms with E-state index in [0.29, 0.717) is 6.42 Å². The van der Waals surface area contributed by atoms with Gasteiger partial charge in [0.15, 0.2) is 5.78 Å². The molecule has 0 saturated carbocycles. The lowest BCUT2D eigenvalue weighted by molar-refractivity contribution is -0.144. The van der Waals surface area contributed by atoms with Gasteiger partial charge in [0.25, 0.3) is 0 Å². The normalized spacial score (nSPS) is 41.7. The van der Waals surface area contributed by atoms with Crippen LogP contribution in [0.1, 0.15) is 27.2 Å². The van der Waals surface area contributed by atoms with E-state index in [-0.39, 0.29) is 29.5 Å². The van der Waals surface area contributed by atoms with Crippen molar-refractivity contribution in [3.8, 4) is 0 Å². The van der Waals surface area contributed by atoms with Gasteiger partial charge in [-0.25, -0.2) is 0 Å². The molecule has 102 valence electrons. The number of aliphatic hydroxyl groups excluding tert-OH is 1. The monoisotopic (exact) mass is 262 g/mol. The molecule has 0 unspecified atom stereocenters. The highest BCUT2D eigenvalue weighted by Gasteiger charge is 2.53. The fraction of sp³-hybridized carbons (Fsp3) is 0.600. The van der Waals surface area contributed by atoms with Crippen LogP contribution in [0.15, 0.2) is 22.8 Å². The van der Waals surface area contributed by atoms with Crippen molar-refractivity contribution >= 4 is 11.8 Å². The number of rotatable bonds is 0. The van der Waals surface area contributed by atoms with Gasteiger partial charge in [0.05, 0.1) is 12.0 Å². The van der Waals surface area contributed by atoms with Crippen molar-refractivity contribution < 1.29 is 19.4 Å². The van der Waals surface area contributed by atoms with Crippen LogP contribution >= 0.6 is 0 Å². The van der Waals surface area contributed by atoms with E-state index >= 15 is 0 Å². The van der Waals surface area contributed by atoms with Crippen LogP contribution in [0, 0.1) is 17.8 Å². The molecular weight excluding hydrogens is 244 g/mol. The van der Waals surface area contributed by atoms with E-state index in [0.717, 1.165) is 16.7 Å². The highest BCUT2D eigenvalue weighted by atomic mass is 16.6. The molecule has 1 N–H and O–H groups in total. The van der Waals surface area contributed by atoms with E-state index in [1.165, 1.54) is 0 Å². The largest absolute Gasteiger partial charge is 0.461 e. The summed E-state index contributed by atoms with van der Waals surface area (Å²) < 4.78 is 5.48. The summed E-state index contributed by atoms with van der Waals surface area (Å²) in [6.45, 7) is 5.59. The second-order valence-corrected chi connectivity index (χ2v) is 5.96. The predicted molar refractivity (Wildman–Crippen MR) is 68.1 cm³/mol. The van der Waals surface area contributed by atoms with Gasteiger partial charge in [-0.05, 0) is 26.3 Å². The molecule has 19 heavy (non-hydrogen) atoms. The molecule has 0 amide bonds. The minimum Gasteiger partial charge on any atom is -0.461 e. The molecular formula is C15H18O4. The maximum atomic E-state index is 12.1. The molecule has 4 heteroatoms. The number of ether oxygens (including phenoxy) is 1. The molecule has 0 aromatic heterocycles. The fourth-order valence-electron chi connectivity index (χ4n) is 3.82. The standard InChI is InChI=1S/C15H18O4/c1-6-4-10(17)13-8(3)15(18)19-14(13)12-7(2)5-9(16)11(6)12/h5,8,10,12-14,17H,4H2,1-3H3/t8-,10+,12+,13-,14-/m0/s1. The Morgan fingerprint density at radius 3 is 2.68 bits per heavy atom. The van der Waals surface area contributed by atoms with Gasteiger partial charge in [-0.1, -0.05) is 18.1 Å². The third-order valence-electron chi connectivity index (χ3n) is 4.75. The second kappa shape index (κ2) is 4.04. The zero-order valence-corrected chi connectivity index (χ0v) is 11.3. The van der Waals surface area contributed by atoms with E-state index in [1.54, 1.807) is 13.0 Å². The Kier molecular flexibility index (Phi) is 2.68. The highest BCUT2D eigenvalue weighted by molar-refractivity contribution is 6.09. The number of hydrogen-bond acceptors (Lipinski definition) is 4. The van der Waals surface area contributed by atoms with E-state index in [2.05, 4.69) is 0 Å². The first-order valence-electron chi connectivity index (χ1n) is 6.72. The molecule has 5 atom stereocenters. The van der Waals surface area contributed by atoms with Crippen LogP contribution in [0.25, 0.3) is 0 Å². The molecule has 2 aliphatic carbocycles. The number of allylic oxidation sites excluding steroid dienone is 1. The van der Waals surface area contributed by atoms with Crippen molar-refractivity contribution in [3.05, 3.63) is 22.8 Å². The molecule has 1 saturated heterocycles. The molecule has 0 spiro atoms. The zero-order valence-electron chi connectivity index (χ0n) is 11.3. The van der Waals surface area contributed by atoms with Crippen molar-refractivity contribution in [2.45, 2.75) is 39.4 Å². The number of hydrogen-bond donors (Lipinski definition) is 1.